The summed E-state index contributed by atoms with van der Waals surface area (Å²) in [6.07, 6.45) is 5.32. The molecule has 0 saturated heterocycles. The highest BCUT2D eigenvalue weighted by Crippen LogP contribution is 2.37. The Morgan fingerprint density at radius 2 is 1.67 bits per heavy atom. The molecular weight excluding hydrogens is 796 g/mol. The minimum absolute atomic E-state index is 0.0371. The number of rotatable bonds is 14. The molecule has 0 aromatic heterocycles. The molecule has 13 nitrogen and oxygen atoms in total. The van der Waals surface area contributed by atoms with Gasteiger partial charge in [-0.15, -0.1) is 11.6 Å². The number of nitrogens with two attached hydrogens (primary N) is 1. The number of carboxylic acids is 1. The third kappa shape index (κ3) is 14.2. The van der Waals surface area contributed by atoms with E-state index in [1.54, 1.807) is 30.0 Å². The number of carboxylic acid groups (broad SMARTS) is 1. The second-order valence-corrected chi connectivity index (χ2v) is 16.2. The van der Waals surface area contributed by atoms with E-state index in [4.69, 9.17) is 60.0 Å². The zero-order valence-corrected chi connectivity index (χ0v) is 34.8. The number of anilines is 2. The SMILES string of the molecule is CCOC(=O)/C(Cl)=C/c1cc(N2C(=O)C3=C(CCCC3)C2=O)ccc1Cl.CCOCN(C(=O)CCl)c1c(C)cccc1CC.CP(=O)(O)CCC(N)C(=O)O. The number of carbonyl (C=O) groups is 5. The van der Waals surface area contributed by atoms with Gasteiger partial charge >= 0.3 is 11.9 Å². The maximum absolute atomic E-state index is 12.7. The Hall–Kier alpha value is -3.55. The molecule has 1 aliphatic heterocycles. The molecule has 302 valence electrons. The minimum Gasteiger partial charge on any atom is -0.480 e. The van der Waals surface area contributed by atoms with E-state index in [0.717, 1.165) is 36.1 Å². The van der Waals surface area contributed by atoms with Gasteiger partial charge in [0.15, 0.2) is 7.37 Å². The summed E-state index contributed by atoms with van der Waals surface area (Å²) in [5.41, 5.74) is 10.3. The van der Waals surface area contributed by atoms with Crippen molar-refractivity contribution in [3.05, 3.63) is 74.3 Å². The van der Waals surface area contributed by atoms with E-state index in [-0.39, 0.29) is 54.6 Å². The number of aliphatic carboxylic acids is 1. The zero-order valence-electron chi connectivity index (χ0n) is 31.6. The number of nitrogens with zero attached hydrogens (tertiary/aromatic N) is 2. The summed E-state index contributed by atoms with van der Waals surface area (Å²) in [5, 5.41) is 8.49. The van der Waals surface area contributed by atoms with Crippen LogP contribution in [0.3, 0.4) is 0 Å². The number of imide groups is 1. The van der Waals surface area contributed by atoms with E-state index < -0.39 is 25.3 Å². The summed E-state index contributed by atoms with van der Waals surface area (Å²) >= 11 is 17.8. The second-order valence-electron chi connectivity index (χ2n) is 12.5. The lowest BCUT2D eigenvalue weighted by Crippen LogP contribution is -2.35. The van der Waals surface area contributed by atoms with Crippen LogP contribution in [-0.4, -0.2) is 84.4 Å². The van der Waals surface area contributed by atoms with E-state index in [9.17, 15) is 28.5 Å². The fourth-order valence-electron chi connectivity index (χ4n) is 5.56. The molecule has 0 saturated carbocycles. The van der Waals surface area contributed by atoms with Crippen molar-refractivity contribution < 1.29 is 48.0 Å². The lowest BCUT2D eigenvalue weighted by atomic mass is 9.93. The van der Waals surface area contributed by atoms with Crippen LogP contribution < -0.4 is 15.5 Å². The molecule has 0 bridgehead atoms. The molecule has 4 rings (SSSR count). The van der Waals surface area contributed by atoms with Gasteiger partial charge in [-0.05, 0) is 100 Å². The molecule has 0 fully saturated rings. The molecule has 2 aliphatic rings. The van der Waals surface area contributed by atoms with Gasteiger partial charge in [-0.1, -0.05) is 48.3 Å². The van der Waals surface area contributed by atoms with Crippen LogP contribution in [0.25, 0.3) is 6.08 Å². The van der Waals surface area contributed by atoms with Crippen molar-refractivity contribution in [3.8, 4) is 0 Å². The molecule has 17 heteroatoms. The summed E-state index contributed by atoms with van der Waals surface area (Å²) in [6.45, 7) is 9.85. The lowest BCUT2D eigenvalue weighted by molar-refractivity contribution is -0.139. The van der Waals surface area contributed by atoms with Gasteiger partial charge < -0.3 is 25.2 Å². The minimum atomic E-state index is -3.10. The molecule has 2 aromatic carbocycles. The van der Waals surface area contributed by atoms with Crippen LogP contribution in [0, 0.1) is 6.92 Å². The highest BCUT2D eigenvalue weighted by atomic mass is 35.5. The summed E-state index contributed by atoms with van der Waals surface area (Å²) in [6, 6.07) is 9.73. The lowest BCUT2D eigenvalue weighted by Gasteiger charge is -2.25. The van der Waals surface area contributed by atoms with Crippen LogP contribution in [0.5, 0.6) is 0 Å². The first-order valence-corrected chi connectivity index (χ1v) is 21.2. The third-order valence-corrected chi connectivity index (χ3v) is 10.3. The van der Waals surface area contributed by atoms with Crippen LogP contribution in [0.2, 0.25) is 5.02 Å². The van der Waals surface area contributed by atoms with Crippen molar-refractivity contribution >= 4 is 89.3 Å². The number of ether oxygens (including phenoxy) is 2. The molecule has 2 unspecified atom stereocenters. The predicted octanol–water partition coefficient (Wildman–Crippen LogP) is 7.04. The van der Waals surface area contributed by atoms with Crippen molar-refractivity contribution in [2.75, 3.05) is 48.5 Å². The number of hydrogen-bond donors (Lipinski definition) is 3. The Bertz CT molecular complexity index is 1800. The number of alkyl halides is 1. The number of esters is 1. The molecule has 0 spiro atoms. The Labute approximate surface area is 336 Å². The fourth-order valence-corrected chi connectivity index (χ4v) is 6.81. The van der Waals surface area contributed by atoms with Crippen LogP contribution in [0.15, 0.2) is 52.6 Å². The molecule has 1 aliphatic carbocycles. The average molecular weight is 845 g/mol. The predicted molar refractivity (Wildman–Crippen MR) is 216 cm³/mol. The zero-order chi connectivity index (χ0) is 41.5. The monoisotopic (exact) mass is 843 g/mol. The van der Waals surface area contributed by atoms with Gasteiger partial charge in [0.1, 0.15) is 23.7 Å². The Morgan fingerprint density at radius 1 is 1.05 bits per heavy atom. The number of amides is 3. The Kier molecular flexibility index (Phi) is 19.8. The maximum Gasteiger partial charge on any atom is 0.349 e. The molecule has 2 atom stereocenters. The standard InChI is InChI=1S/C19H17Cl2NO4.C14H20ClNO2.C5H12NO4P/c1-2-26-19(25)16(21)10-11-9-12(7-8-15(11)20)22-17(23)13-5-3-4-6-14(13)18(22)24;1-4-12-8-6-7-11(3)14(12)16(10-18-5-2)13(17)9-15;1-11(9,10)3-2-4(6)5(7)8/h7-10H,2-6H2,1H3;6-8H,4-5,9-10H2,1-3H3;4H,2-3,6H2,1H3,(H,7,8)(H,9,10)/b16-10-;;. The number of halogens is 3. The van der Waals surface area contributed by atoms with Crippen molar-refractivity contribution in [3.63, 3.8) is 0 Å². The molecule has 1 heterocycles. The second kappa shape index (κ2) is 22.9. The molecule has 0 radical (unpaired) electrons. The van der Waals surface area contributed by atoms with Crippen molar-refractivity contribution in [2.45, 2.75) is 72.3 Å². The van der Waals surface area contributed by atoms with Crippen LogP contribution in [-0.2, 0) is 44.4 Å². The van der Waals surface area contributed by atoms with Gasteiger partial charge in [-0.25, -0.2) is 9.69 Å². The molecule has 55 heavy (non-hydrogen) atoms. The van der Waals surface area contributed by atoms with E-state index >= 15 is 0 Å². The van der Waals surface area contributed by atoms with Gasteiger partial charge in [-0.3, -0.25) is 28.6 Å². The summed E-state index contributed by atoms with van der Waals surface area (Å²) in [4.78, 5) is 70.6. The first kappa shape index (κ1) is 47.6. The quantitative estimate of drug-likeness (QED) is 0.0441. The summed E-state index contributed by atoms with van der Waals surface area (Å²) in [5.74, 6) is -2.53. The topological polar surface area (TPSA) is 194 Å². The van der Waals surface area contributed by atoms with Gasteiger partial charge in [0.25, 0.3) is 11.8 Å². The first-order valence-electron chi connectivity index (χ1n) is 17.7. The number of benzene rings is 2. The van der Waals surface area contributed by atoms with Gasteiger partial charge in [-0.2, -0.15) is 0 Å². The summed E-state index contributed by atoms with van der Waals surface area (Å²) < 4.78 is 20.9. The highest BCUT2D eigenvalue weighted by molar-refractivity contribution is 7.57. The molecular formula is C38H49Cl3N3O10P. The van der Waals surface area contributed by atoms with E-state index in [1.807, 2.05) is 32.0 Å². The van der Waals surface area contributed by atoms with Crippen molar-refractivity contribution in [1.29, 1.82) is 0 Å². The largest absolute Gasteiger partial charge is 0.480 e. The highest BCUT2D eigenvalue weighted by Gasteiger charge is 2.39. The van der Waals surface area contributed by atoms with Crippen molar-refractivity contribution in [2.24, 2.45) is 5.73 Å². The fraction of sp³-hybridized carbons (Fsp3) is 0.447. The normalized spacial score (nSPS) is 15.5. The number of hydrogen-bond acceptors (Lipinski definition) is 9. The van der Waals surface area contributed by atoms with Gasteiger partial charge in [0, 0.05) is 35.6 Å². The van der Waals surface area contributed by atoms with Gasteiger partial charge in [0.05, 0.1) is 18.0 Å². The Balaban J connectivity index is 0.000000313. The van der Waals surface area contributed by atoms with Crippen molar-refractivity contribution in [1.82, 2.24) is 0 Å². The third-order valence-electron chi connectivity index (χ3n) is 8.36. The Morgan fingerprint density at radius 3 is 2.18 bits per heavy atom. The van der Waals surface area contributed by atoms with Crippen LogP contribution in [0.4, 0.5) is 11.4 Å². The smallest absolute Gasteiger partial charge is 0.349 e. The number of aryl methyl sites for hydroxylation is 2. The molecule has 2 aromatic rings. The average Bonchev–Trinajstić information content (AvgIpc) is 3.40. The van der Waals surface area contributed by atoms with Crippen LogP contribution >= 0.6 is 42.2 Å². The number of carbonyl (C=O) groups excluding carboxylic acids is 4. The summed E-state index contributed by atoms with van der Waals surface area (Å²) in [7, 11) is -3.10. The number of para-hydroxylation sites is 1. The van der Waals surface area contributed by atoms with Crippen LogP contribution in [0.1, 0.15) is 69.6 Å². The maximum atomic E-state index is 12.7. The molecule has 3 amide bonds. The van der Waals surface area contributed by atoms with E-state index in [2.05, 4.69) is 6.92 Å². The van der Waals surface area contributed by atoms with E-state index in [1.165, 1.54) is 17.6 Å². The van der Waals surface area contributed by atoms with Gasteiger partial charge in [0.2, 0.25) is 5.91 Å². The van der Waals surface area contributed by atoms with E-state index in [0.29, 0.717) is 46.9 Å². The first-order chi connectivity index (χ1) is 25.9. The molecule has 4 N–H and O–H groups in total.